The van der Waals surface area contributed by atoms with Gasteiger partial charge in [-0.1, -0.05) is 43.2 Å². The lowest BCUT2D eigenvalue weighted by Crippen LogP contribution is -2.41. The van der Waals surface area contributed by atoms with Crippen LogP contribution in [-0.2, 0) is 0 Å². The number of nitrogens with zero attached hydrogens (tertiary/aromatic N) is 2. The summed E-state index contributed by atoms with van der Waals surface area (Å²) in [4.78, 5) is 6.87. The van der Waals surface area contributed by atoms with Crippen LogP contribution < -0.4 is 10.6 Å². The van der Waals surface area contributed by atoms with Crippen molar-refractivity contribution in [1.82, 2.24) is 15.5 Å². The molecule has 1 fully saturated rings. The molecule has 1 aliphatic heterocycles. The molecule has 26 heavy (non-hydrogen) atoms. The molecule has 1 aromatic carbocycles. The van der Waals surface area contributed by atoms with Crippen LogP contribution in [0.5, 0.6) is 0 Å². The number of aliphatic hydroxyl groups is 1. The lowest BCUT2D eigenvalue weighted by atomic mass is 10.0. The van der Waals surface area contributed by atoms with E-state index in [9.17, 15) is 5.11 Å². The van der Waals surface area contributed by atoms with Gasteiger partial charge in [-0.05, 0) is 44.5 Å². The smallest absolute Gasteiger partial charge is 0.191 e. The number of likely N-dealkylation sites (tertiary alicyclic amines) is 1. The highest BCUT2D eigenvalue weighted by Gasteiger charge is 2.11. The van der Waals surface area contributed by atoms with E-state index in [0.29, 0.717) is 6.54 Å². The van der Waals surface area contributed by atoms with E-state index in [2.05, 4.69) is 32.7 Å². The van der Waals surface area contributed by atoms with Gasteiger partial charge in [0.1, 0.15) is 0 Å². The molecule has 148 valence electrons. The Morgan fingerprint density at radius 3 is 2.42 bits per heavy atom. The van der Waals surface area contributed by atoms with Crippen LogP contribution in [0.4, 0.5) is 0 Å². The van der Waals surface area contributed by atoms with Crippen molar-refractivity contribution in [1.29, 1.82) is 0 Å². The van der Waals surface area contributed by atoms with Crippen LogP contribution in [0.2, 0.25) is 0 Å². The van der Waals surface area contributed by atoms with Crippen LogP contribution in [0, 0.1) is 0 Å². The summed E-state index contributed by atoms with van der Waals surface area (Å²) in [5.74, 6) is 0.891. The molecule has 5 nitrogen and oxygen atoms in total. The van der Waals surface area contributed by atoms with Crippen molar-refractivity contribution >= 4 is 29.9 Å². The summed E-state index contributed by atoms with van der Waals surface area (Å²) in [5.41, 5.74) is 1.15. The van der Waals surface area contributed by atoms with E-state index >= 15 is 0 Å². The maximum atomic E-state index is 9.64. The quantitative estimate of drug-likeness (QED) is 0.235. The molecule has 3 N–H and O–H groups in total. The van der Waals surface area contributed by atoms with Crippen molar-refractivity contribution in [3.8, 4) is 0 Å². The van der Waals surface area contributed by atoms with E-state index in [4.69, 9.17) is 0 Å². The third kappa shape index (κ3) is 8.68. The van der Waals surface area contributed by atoms with E-state index in [1.54, 1.807) is 7.05 Å². The van der Waals surface area contributed by atoms with Crippen molar-refractivity contribution < 1.29 is 5.11 Å². The Balaban J connectivity index is 0.00000338. The van der Waals surface area contributed by atoms with Crippen LogP contribution in [0.15, 0.2) is 35.3 Å². The Morgan fingerprint density at radius 1 is 1.12 bits per heavy atom. The number of hydrogen-bond acceptors (Lipinski definition) is 3. The fraction of sp³-hybridized carbons (Fsp3) is 0.650. The van der Waals surface area contributed by atoms with Gasteiger partial charge < -0.3 is 20.6 Å². The van der Waals surface area contributed by atoms with Gasteiger partial charge >= 0.3 is 0 Å². The number of hydrogen-bond donors (Lipinski definition) is 3. The summed E-state index contributed by atoms with van der Waals surface area (Å²) in [5, 5.41) is 16.4. The van der Waals surface area contributed by atoms with Gasteiger partial charge in [0, 0.05) is 26.1 Å². The normalized spacial score (nSPS) is 17.1. The highest BCUT2D eigenvalue weighted by Crippen LogP contribution is 2.13. The maximum absolute atomic E-state index is 9.64. The summed E-state index contributed by atoms with van der Waals surface area (Å²) in [6.45, 7) is 5.39. The van der Waals surface area contributed by atoms with E-state index in [-0.39, 0.29) is 36.5 Å². The molecule has 0 spiro atoms. The number of rotatable bonds is 8. The second-order valence-corrected chi connectivity index (χ2v) is 6.78. The fourth-order valence-electron chi connectivity index (χ4n) is 3.32. The summed E-state index contributed by atoms with van der Waals surface area (Å²) in [7, 11) is 1.79. The third-order valence-electron chi connectivity index (χ3n) is 4.87. The van der Waals surface area contributed by atoms with Crippen LogP contribution in [-0.4, -0.2) is 62.3 Å². The minimum atomic E-state index is 0. The van der Waals surface area contributed by atoms with Crippen molar-refractivity contribution in [2.24, 2.45) is 4.99 Å². The first-order valence-corrected chi connectivity index (χ1v) is 9.66. The average Bonchev–Trinajstić information content (AvgIpc) is 2.93. The SMILES string of the molecule is CN=C(NCCCN1CCCCCC1)NCC(CO)c1ccccc1.I. The number of benzene rings is 1. The fourth-order valence-corrected chi connectivity index (χ4v) is 3.32. The molecule has 0 bridgehead atoms. The molecule has 1 unspecified atom stereocenters. The topological polar surface area (TPSA) is 59.9 Å². The zero-order chi connectivity index (χ0) is 17.7. The summed E-state index contributed by atoms with van der Waals surface area (Å²) < 4.78 is 0. The van der Waals surface area contributed by atoms with Crippen LogP contribution in [0.3, 0.4) is 0 Å². The van der Waals surface area contributed by atoms with Gasteiger partial charge in [-0.25, -0.2) is 0 Å². The molecule has 6 heteroatoms. The monoisotopic (exact) mass is 474 g/mol. The molecule has 1 heterocycles. The molecular weight excluding hydrogens is 439 g/mol. The molecule has 0 aliphatic carbocycles. The minimum absolute atomic E-state index is 0. The van der Waals surface area contributed by atoms with E-state index in [0.717, 1.165) is 31.0 Å². The van der Waals surface area contributed by atoms with Crippen molar-refractivity contribution in [2.45, 2.75) is 38.0 Å². The number of halogens is 1. The number of guanidine groups is 1. The minimum Gasteiger partial charge on any atom is -0.396 e. The van der Waals surface area contributed by atoms with Gasteiger partial charge in [0.05, 0.1) is 6.61 Å². The van der Waals surface area contributed by atoms with Gasteiger partial charge in [-0.15, -0.1) is 24.0 Å². The predicted molar refractivity (Wildman–Crippen MR) is 121 cm³/mol. The van der Waals surface area contributed by atoms with Crippen molar-refractivity contribution in [3.63, 3.8) is 0 Å². The third-order valence-corrected chi connectivity index (χ3v) is 4.87. The Morgan fingerprint density at radius 2 is 1.81 bits per heavy atom. The molecule has 1 saturated heterocycles. The molecule has 0 aromatic heterocycles. The summed E-state index contributed by atoms with van der Waals surface area (Å²) in [6, 6.07) is 10.1. The van der Waals surface area contributed by atoms with Crippen molar-refractivity contribution in [3.05, 3.63) is 35.9 Å². The zero-order valence-corrected chi connectivity index (χ0v) is 18.3. The van der Waals surface area contributed by atoms with Gasteiger partial charge in [0.15, 0.2) is 5.96 Å². The van der Waals surface area contributed by atoms with Crippen LogP contribution in [0.25, 0.3) is 0 Å². The van der Waals surface area contributed by atoms with Gasteiger partial charge in [-0.3, -0.25) is 4.99 Å². The van der Waals surface area contributed by atoms with E-state index in [1.165, 1.54) is 38.8 Å². The first-order chi connectivity index (χ1) is 12.3. The second kappa shape index (κ2) is 14.2. The summed E-state index contributed by atoms with van der Waals surface area (Å²) >= 11 is 0. The predicted octanol–water partition coefficient (Wildman–Crippen LogP) is 2.81. The Hall–Kier alpha value is -0.860. The van der Waals surface area contributed by atoms with E-state index < -0.39 is 0 Å². The van der Waals surface area contributed by atoms with Crippen LogP contribution >= 0.6 is 24.0 Å². The largest absolute Gasteiger partial charge is 0.396 e. The molecule has 1 aromatic rings. The Bertz CT molecular complexity index is 490. The molecule has 2 rings (SSSR count). The molecule has 1 atom stereocenters. The Kier molecular flexibility index (Phi) is 12.7. The summed E-state index contributed by atoms with van der Waals surface area (Å²) in [6.07, 6.45) is 6.59. The standard InChI is InChI=1S/C20H34N4O.HI/c1-21-20(22-12-9-15-24-13-7-2-3-8-14-24)23-16-19(17-25)18-10-5-4-6-11-18;/h4-6,10-11,19,25H,2-3,7-9,12-17H2,1H3,(H2,21,22,23);1H. The zero-order valence-electron chi connectivity index (χ0n) is 16.0. The van der Waals surface area contributed by atoms with Gasteiger partial charge in [0.25, 0.3) is 0 Å². The molecule has 0 radical (unpaired) electrons. The van der Waals surface area contributed by atoms with Gasteiger partial charge in [-0.2, -0.15) is 0 Å². The Labute approximate surface area is 175 Å². The average molecular weight is 474 g/mol. The molecule has 1 aliphatic rings. The van der Waals surface area contributed by atoms with Crippen molar-refractivity contribution in [2.75, 3.05) is 46.4 Å². The molecule has 0 saturated carbocycles. The van der Waals surface area contributed by atoms with Crippen LogP contribution in [0.1, 0.15) is 43.6 Å². The highest BCUT2D eigenvalue weighted by atomic mass is 127. The lowest BCUT2D eigenvalue weighted by Gasteiger charge is -2.21. The number of aliphatic imine (C=N–C) groups is 1. The lowest BCUT2D eigenvalue weighted by molar-refractivity contribution is 0.265. The first-order valence-electron chi connectivity index (χ1n) is 9.66. The second-order valence-electron chi connectivity index (χ2n) is 6.78. The number of aliphatic hydroxyl groups excluding tert-OH is 1. The maximum Gasteiger partial charge on any atom is 0.191 e. The first kappa shape index (κ1) is 23.2. The molecule has 0 amide bonds. The number of nitrogens with one attached hydrogen (secondary N) is 2. The highest BCUT2D eigenvalue weighted by molar-refractivity contribution is 14.0. The molecular formula is C20H35IN4O. The van der Waals surface area contributed by atoms with E-state index in [1.807, 2.05) is 18.2 Å². The van der Waals surface area contributed by atoms with Gasteiger partial charge in [0.2, 0.25) is 0 Å².